The minimum Gasteiger partial charge on any atom is -0.506 e. The topological polar surface area (TPSA) is 20.2 Å². The van der Waals surface area contributed by atoms with Gasteiger partial charge in [0.2, 0.25) is 0 Å². The summed E-state index contributed by atoms with van der Waals surface area (Å²) in [5.74, 6) is 0.600. The van der Waals surface area contributed by atoms with Crippen LogP contribution in [0.5, 0.6) is 5.75 Å². The second-order valence-corrected chi connectivity index (χ2v) is 10.0. The Morgan fingerprint density at radius 3 is 2.41 bits per heavy atom. The Labute approximate surface area is 141 Å². The molecule has 22 heavy (non-hydrogen) atoms. The molecule has 2 aliphatic rings. The molecule has 2 bridgehead atoms. The molecule has 3 unspecified atom stereocenters. The first-order valence-corrected chi connectivity index (χ1v) is 9.00. The highest BCUT2D eigenvalue weighted by atomic mass is 79.9. The van der Waals surface area contributed by atoms with Gasteiger partial charge in [-0.1, -0.05) is 27.7 Å². The Morgan fingerprint density at radius 2 is 1.77 bits per heavy atom. The van der Waals surface area contributed by atoms with Crippen LogP contribution in [0.1, 0.15) is 65.4 Å². The van der Waals surface area contributed by atoms with Crippen LogP contribution < -0.4 is 0 Å². The molecule has 1 N–H and O–H groups in total. The van der Waals surface area contributed by atoms with E-state index in [4.69, 9.17) is 0 Å². The Balaban J connectivity index is 2.02. The van der Waals surface area contributed by atoms with Crippen LogP contribution in [0.2, 0.25) is 0 Å². The van der Waals surface area contributed by atoms with Gasteiger partial charge in [0.1, 0.15) is 11.6 Å². The van der Waals surface area contributed by atoms with E-state index in [1.807, 2.05) is 0 Å². The molecule has 0 amide bonds. The summed E-state index contributed by atoms with van der Waals surface area (Å²) in [5.41, 5.74) is 1.30. The van der Waals surface area contributed by atoms with Crippen LogP contribution in [-0.2, 0) is 5.41 Å². The van der Waals surface area contributed by atoms with Gasteiger partial charge >= 0.3 is 0 Å². The van der Waals surface area contributed by atoms with Gasteiger partial charge in [-0.2, -0.15) is 0 Å². The van der Waals surface area contributed by atoms with Crippen molar-refractivity contribution in [2.75, 3.05) is 0 Å². The van der Waals surface area contributed by atoms with Gasteiger partial charge in [0.25, 0.3) is 0 Å². The quantitative estimate of drug-likeness (QED) is 0.627. The van der Waals surface area contributed by atoms with Crippen molar-refractivity contribution >= 4 is 15.9 Å². The second-order valence-electron chi connectivity index (χ2n) is 9.15. The van der Waals surface area contributed by atoms with E-state index in [0.717, 1.165) is 18.4 Å². The predicted molar refractivity (Wildman–Crippen MR) is 91.6 cm³/mol. The maximum atomic E-state index is 13.9. The summed E-state index contributed by atoms with van der Waals surface area (Å²) < 4.78 is 14.4. The SMILES string of the molecule is CC1(C)CC2CC(C)(C1)CC(C)(c1cc(F)cc(Br)c1O)C2. The van der Waals surface area contributed by atoms with Crippen molar-refractivity contribution in [3.63, 3.8) is 0 Å². The van der Waals surface area contributed by atoms with Crippen LogP contribution in [0.4, 0.5) is 4.39 Å². The number of rotatable bonds is 1. The minimum absolute atomic E-state index is 0.150. The van der Waals surface area contributed by atoms with E-state index in [2.05, 4.69) is 43.6 Å². The fourth-order valence-electron chi connectivity index (χ4n) is 6.01. The molecule has 2 aliphatic carbocycles. The van der Waals surface area contributed by atoms with E-state index in [9.17, 15) is 9.50 Å². The van der Waals surface area contributed by atoms with E-state index in [0.29, 0.717) is 15.8 Å². The lowest BCUT2D eigenvalue weighted by atomic mass is 9.49. The van der Waals surface area contributed by atoms with Crippen molar-refractivity contribution < 1.29 is 9.50 Å². The molecule has 122 valence electrons. The zero-order chi connectivity index (χ0) is 16.3. The van der Waals surface area contributed by atoms with Crippen LogP contribution in [-0.4, -0.2) is 5.11 Å². The molecule has 1 aromatic rings. The smallest absolute Gasteiger partial charge is 0.133 e. The van der Waals surface area contributed by atoms with Crippen molar-refractivity contribution in [1.29, 1.82) is 0 Å². The van der Waals surface area contributed by atoms with Gasteiger partial charge in [0.05, 0.1) is 4.47 Å². The molecule has 0 saturated heterocycles. The number of phenols is 1. The molecule has 1 aromatic carbocycles. The average Bonchev–Trinajstić information content (AvgIpc) is 2.28. The molecule has 3 heteroatoms. The normalized spacial score (nSPS) is 37.1. The molecule has 0 radical (unpaired) electrons. The van der Waals surface area contributed by atoms with Crippen molar-refractivity contribution in [2.24, 2.45) is 16.7 Å². The van der Waals surface area contributed by atoms with Gasteiger partial charge in [0.15, 0.2) is 0 Å². The van der Waals surface area contributed by atoms with Gasteiger partial charge in [0, 0.05) is 5.56 Å². The first kappa shape index (κ1) is 16.3. The molecule has 0 aliphatic heterocycles. The van der Waals surface area contributed by atoms with Crippen LogP contribution in [0.15, 0.2) is 16.6 Å². The monoisotopic (exact) mass is 368 g/mol. The van der Waals surface area contributed by atoms with Crippen molar-refractivity contribution in [2.45, 2.75) is 65.2 Å². The standard InChI is InChI=1S/C19H26BrFO/c1-17(2)7-12-8-18(3,10-17)11-19(4,9-12)14-5-13(21)6-15(20)16(14)22/h5-6,12,22H,7-11H2,1-4H3. The lowest BCUT2D eigenvalue weighted by molar-refractivity contribution is -0.0214. The summed E-state index contributed by atoms with van der Waals surface area (Å²) in [7, 11) is 0. The largest absolute Gasteiger partial charge is 0.506 e. The average molecular weight is 369 g/mol. The molecular weight excluding hydrogens is 343 g/mol. The summed E-state index contributed by atoms with van der Waals surface area (Å²) in [5, 5.41) is 10.5. The zero-order valence-corrected chi connectivity index (χ0v) is 15.6. The predicted octanol–water partition coefficient (Wildman–Crippen LogP) is 6.18. The van der Waals surface area contributed by atoms with Gasteiger partial charge < -0.3 is 5.11 Å². The molecule has 0 spiro atoms. The number of halogens is 2. The number of aromatic hydroxyl groups is 1. The van der Waals surface area contributed by atoms with E-state index < -0.39 is 0 Å². The number of phenolic OH excluding ortho intramolecular Hbond substituents is 1. The fourth-order valence-corrected chi connectivity index (χ4v) is 6.44. The first-order chi connectivity index (χ1) is 10.0. The summed E-state index contributed by atoms with van der Waals surface area (Å²) in [4.78, 5) is 0. The van der Waals surface area contributed by atoms with Gasteiger partial charge in [-0.25, -0.2) is 4.39 Å². The van der Waals surface area contributed by atoms with E-state index in [1.165, 1.54) is 31.4 Å². The maximum absolute atomic E-state index is 13.9. The van der Waals surface area contributed by atoms with Crippen LogP contribution in [0.3, 0.4) is 0 Å². The van der Waals surface area contributed by atoms with E-state index in [1.54, 1.807) is 0 Å². The lowest BCUT2D eigenvalue weighted by Gasteiger charge is -2.56. The number of benzene rings is 1. The Bertz CT molecular complexity index is 610. The molecule has 2 fully saturated rings. The van der Waals surface area contributed by atoms with Crippen molar-refractivity contribution in [3.05, 3.63) is 28.0 Å². The van der Waals surface area contributed by atoms with Gasteiger partial charge in [-0.05, 0) is 82.3 Å². The molecule has 0 aromatic heterocycles. The molecule has 1 nitrogen and oxygen atoms in total. The number of hydrogen-bond acceptors (Lipinski definition) is 1. The molecular formula is C19H26BrFO. The third kappa shape index (κ3) is 2.81. The summed E-state index contributed by atoms with van der Waals surface area (Å²) in [6.45, 7) is 9.33. The van der Waals surface area contributed by atoms with Crippen LogP contribution in [0, 0.1) is 22.6 Å². The highest BCUT2D eigenvalue weighted by Gasteiger charge is 2.51. The Kier molecular flexibility index (Phi) is 3.67. The minimum atomic E-state index is -0.276. The highest BCUT2D eigenvalue weighted by Crippen LogP contribution is 2.61. The third-order valence-electron chi connectivity index (χ3n) is 5.76. The molecule has 2 saturated carbocycles. The summed E-state index contributed by atoms with van der Waals surface area (Å²) in [6.07, 6.45) is 5.76. The highest BCUT2D eigenvalue weighted by molar-refractivity contribution is 9.10. The fraction of sp³-hybridized carbons (Fsp3) is 0.684. The van der Waals surface area contributed by atoms with E-state index in [-0.39, 0.29) is 22.4 Å². The van der Waals surface area contributed by atoms with Gasteiger partial charge in [-0.3, -0.25) is 0 Å². The maximum Gasteiger partial charge on any atom is 0.133 e. The number of fused-ring (bicyclic) bond motifs is 2. The van der Waals surface area contributed by atoms with Gasteiger partial charge in [-0.15, -0.1) is 0 Å². The molecule has 0 heterocycles. The van der Waals surface area contributed by atoms with Crippen LogP contribution in [0.25, 0.3) is 0 Å². The number of hydrogen-bond donors (Lipinski definition) is 1. The first-order valence-electron chi connectivity index (χ1n) is 8.21. The molecule has 3 atom stereocenters. The Hall–Kier alpha value is -0.570. The molecule has 3 rings (SSSR count). The second kappa shape index (κ2) is 4.96. The summed E-state index contributed by atoms with van der Waals surface area (Å²) in [6, 6.07) is 2.88. The lowest BCUT2D eigenvalue weighted by Crippen LogP contribution is -2.47. The van der Waals surface area contributed by atoms with E-state index >= 15 is 0 Å². The third-order valence-corrected chi connectivity index (χ3v) is 6.37. The van der Waals surface area contributed by atoms with Crippen molar-refractivity contribution in [1.82, 2.24) is 0 Å². The summed E-state index contributed by atoms with van der Waals surface area (Å²) >= 11 is 3.29. The zero-order valence-electron chi connectivity index (χ0n) is 14.0. The Morgan fingerprint density at radius 1 is 1.09 bits per heavy atom. The van der Waals surface area contributed by atoms with Crippen LogP contribution >= 0.6 is 15.9 Å². The van der Waals surface area contributed by atoms with Crippen molar-refractivity contribution in [3.8, 4) is 5.75 Å².